The molecule has 0 bridgehead atoms. The maximum Gasteiger partial charge on any atom is 0.251 e. The van der Waals surface area contributed by atoms with Crippen LogP contribution in [0.25, 0.3) is 11.0 Å². The zero-order valence-corrected chi connectivity index (χ0v) is 16.2. The van der Waals surface area contributed by atoms with Crippen molar-refractivity contribution in [3.63, 3.8) is 0 Å². The van der Waals surface area contributed by atoms with Crippen molar-refractivity contribution in [3.05, 3.63) is 59.9 Å². The number of carbonyl (C=O) groups is 1. The van der Waals surface area contributed by atoms with E-state index in [9.17, 15) is 13.2 Å². The van der Waals surface area contributed by atoms with E-state index in [4.69, 9.17) is 9.15 Å². The molecule has 2 aromatic carbocycles. The molecular weight excluding hydrogens is 366 g/mol. The van der Waals surface area contributed by atoms with Gasteiger partial charge in [0.1, 0.15) is 5.76 Å². The first kappa shape index (κ1) is 19.0. The van der Waals surface area contributed by atoms with Crippen LogP contribution in [0.15, 0.2) is 57.8 Å². The van der Waals surface area contributed by atoms with Crippen LogP contribution in [0.4, 0.5) is 0 Å². The molecule has 0 aliphatic heterocycles. The molecule has 3 rings (SSSR count). The van der Waals surface area contributed by atoms with Crippen LogP contribution in [0.3, 0.4) is 0 Å². The van der Waals surface area contributed by atoms with Crippen molar-refractivity contribution in [1.82, 2.24) is 5.32 Å². The van der Waals surface area contributed by atoms with Crippen molar-refractivity contribution in [1.29, 1.82) is 0 Å². The Hall–Kier alpha value is -2.80. The van der Waals surface area contributed by atoms with Crippen LogP contribution in [0, 0.1) is 0 Å². The number of fused-ring (bicyclic) bond motifs is 1. The van der Waals surface area contributed by atoms with E-state index in [1.165, 1.54) is 12.1 Å². The van der Waals surface area contributed by atoms with E-state index in [0.717, 1.165) is 11.6 Å². The topological polar surface area (TPSA) is 85.6 Å². The summed E-state index contributed by atoms with van der Waals surface area (Å²) in [5.41, 5.74) is 0.908. The maximum atomic E-state index is 12.5. The number of furan rings is 1. The molecule has 0 aliphatic rings. The number of hydrogen-bond donors (Lipinski definition) is 1. The number of sulfone groups is 1. The second-order valence-electron chi connectivity index (χ2n) is 6.25. The molecule has 0 saturated carbocycles. The number of hydrogen-bond acceptors (Lipinski definition) is 5. The molecular formula is C20H21NO5S. The molecule has 142 valence electrons. The Labute approximate surface area is 158 Å². The molecule has 0 saturated heterocycles. The zero-order chi connectivity index (χ0) is 19.6. The van der Waals surface area contributed by atoms with Gasteiger partial charge in [0.2, 0.25) is 0 Å². The van der Waals surface area contributed by atoms with Crippen molar-refractivity contribution < 1.29 is 22.4 Å². The number of nitrogens with one attached hydrogen (secondary N) is 1. The first-order valence-corrected chi connectivity index (χ1v) is 10.4. The molecule has 1 atom stereocenters. The molecule has 1 amide bonds. The first-order chi connectivity index (χ1) is 12.8. The number of rotatable bonds is 6. The molecule has 27 heavy (non-hydrogen) atoms. The third-order valence-corrected chi connectivity index (χ3v) is 5.24. The van der Waals surface area contributed by atoms with Gasteiger partial charge >= 0.3 is 0 Å². The van der Waals surface area contributed by atoms with Gasteiger partial charge in [-0.3, -0.25) is 4.79 Å². The Morgan fingerprint density at radius 3 is 2.63 bits per heavy atom. The molecule has 1 heterocycles. The second kappa shape index (κ2) is 7.44. The van der Waals surface area contributed by atoms with Crippen molar-refractivity contribution in [3.8, 4) is 5.75 Å². The molecule has 0 fully saturated rings. The average molecular weight is 387 g/mol. The molecule has 6 nitrogen and oxygen atoms in total. The quantitative estimate of drug-likeness (QED) is 0.697. The number of benzene rings is 2. The lowest BCUT2D eigenvalue weighted by Crippen LogP contribution is -2.26. The van der Waals surface area contributed by atoms with Gasteiger partial charge in [0.25, 0.3) is 5.91 Å². The number of ether oxygens (including phenoxy) is 1. The molecule has 0 spiro atoms. The highest BCUT2D eigenvalue weighted by atomic mass is 32.2. The lowest BCUT2D eigenvalue weighted by Gasteiger charge is -2.12. The fourth-order valence-corrected chi connectivity index (χ4v) is 3.42. The Kier molecular flexibility index (Phi) is 5.23. The van der Waals surface area contributed by atoms with Gasteiger partial charge in [-0.1, -0.05) is 18.2 Å². The minimum absolute atomic E-state index is 0.105. The third kappa shape index (κ3) is 4.14. The highest BCUT2D eigenvalue weighted by Crippen LogP contribution is 2.31. The minimum Gasteiger partial charge on any atom is -0.490 e. The van der Waals surface area contributed by atoms with E-state index >= 15 is 0 Å². The summed E-state index contributed by atoms with van der Waals surface area (Å²) >= 11 is 0. The van der Waals surface area contributed by atoms with Gasteiger partial charge in [-0.15, -0.1) is 0 Å². The van der Waals surface area contributed by atoms with E-state index in [1.807, 2.05) is 31.2 Å². The van der Waals surface area contributed by atoms with Crippen molar-refractivity contribution in [2.45, 2.75) is 24.8 Å². The standard InChI is InChI=1S/C20H21NO5S/c1-4-25-17-10-6-7-14-12-18(26-19(14)17)13(2)21-20(22)15-8-5-9-16(11-15)27(3,23)24/h5-13H,4H2,1-3H3,(H,21,22)/t13-/m1/s1. The summed E-state index contributed by atoms with van der Waals surface area (Å²) in [6, 6.07) is 13.0. The zero-order valence-electron chi connectivity index (χ0n) is 15.4. The largest absolute Gasteiger partial charge is 0.490 e. The van der Waals surface area contributed by atoms with Gasteiger partial charge in [-0.25, -0.2) is 8.42 Å². The minimum atomic E-state index is -3.38. The van der Waals surface area contributed by atoms with Gasteiger partial charge in [-0.05, 0) is 44.2 Å². The maximum absolute atomic E-state index is 12.5. The summed E-state index contributed by atoms with van der Waals surface area (Å²) in [5.74, 6) is 0.865. The van der Waals surface area contributed by atoms with Gasteiger partial charge in [0.15, 0.2) is 21.2 Å². The second-order valence-corrected chi connectivity index (χ2v) is 8.27. The van der Waals surface area contributed by atoms with E-state index in [1.54, 1.807) is 19.1 Å². The summed E-state index contributed by atoms with van der Waals surface area (Å²) in [4.78, 5) is 12.6. The highest BCUT2D eigenvalue weighted by Gasteiger charge is 2.18. The van der Waals surface area contributed by atoms with Crippen LogP contribution in [0.5, 0.6) is 5.75 Å². The molecule has 1 N–H and O–H groups in total. The molecule has 7 heteroatoms. The van der Waals surface area contributed by atoms with Crippen LogP contribution in [0.2, 0.25) is 0 Å². The van der Waals surface area contributed by atoms with Crippen LogP contribution in [0.1, 0.15) is 36.0 Å². The smallest absolute Gasteiger partial charge is 0.251 e. The molecule has 3 aromatic rings. The number of carbonyl (C=O) groups excluding carboxylic acids is 1. The van der Waals surface area contributed by atoms with E-state index < -0.39 is 15.9 Å². The van der Waals surface area contributed by atoms with Crippen LogP contribution >= 0.6 is 0 Å². The summed E-state index contributed by atoms with van der Waals surface area (Å²) in [7, 11) is -3.38. The molecule has 0 aliphatic carbocycles. The van der Waals surface area contributed by atoms with Gasteiger partial charge < -0.3 is 14.5 Å². The Morgan fingerprint density at radius 1 is 1.19 bits per heavy atom. The summed E-state index contributed by atoms with van der Waals surface area (Å²) in [6.45, 7) is 4.23. The fraction of sp³-hybridized carbons (Fsp3) is 0.250. The normalized spacial score (nSPS) is 12.7. The number of amides is 1. The first-order valence-electron chi connectivity index (χ1n) is 8.56. The summed E-state index contributed by atoms with van der Waals surface area (Å²) in [6.07, 6.45) is 1.11. The highest BCUT2D eigenvalue weighted by molar-refractivity contribution is 7.90. The summed E-state index contributed by atoms with van der Waals surface area (Å²) in [5, 5.41) is 3.72. The lowest BCUT2D eigenvalue weighted by atomic mass is 10.1. The van der Waals surface area contributed by atoms with Gasteiger partial charge in [0.05, 0.1) is 17.5 Å². The predicted molar refractivity (Wildman–Crippen MR) is 103 cm³/mol. The predicted octanol–water partition coefficient (Wildman–Crippen LogP) is 3.73. The van der Waals surface area contributed by atoms with E-state index in [-0.39, 0.29) is 16.4 Å². The Morgan fingerprint density at radius 2 is 1.93 bits per heavy atom. The average Bonchev–Trinajstić information content (AvgIpc) is 3.07. The van der Waals surface area contributed by atoms with Crippen LogP contribution in [-0.4, -0.2) is 27.2 Å². The molecule has 0 unspecified atom stereocenters. The molecule has 0 radical (unpaired) electrons. The van der Waals surface area contributed by atoms with Gasteiger partial charge in [-0.2, -0.15) is 0 Å². The fourth-order valence-electron chi connectivity index (χ4n) is 2.76. The van der Waals surface area contributed by atoms with E-state index in [2.05, 4.69) is 5.32 Å². The van der Waals surface area contributed by atoms with Crippen molar-refractivity contribution in [2.24, 2.45) is 0 Å². The van der Waals surface area contributed by atoms with Crippen molar-refractivity contribution in [2.75, 3.05) is 12.9 Å². The molecule has 1 aromatic heterocycles. The lowest BCUT2D eigenvalue weighted by molar-refractivity contribution is 0.0935. The van der Waals surface area contributed by atoms with E-state index in [0.29, 0.717) is 23.7 Å². The van der Waals surface area contributed by atoms with Crippen LogP contribution < -0.4 is 10.1 Å². The van der Waals surface area contributed by atoms with Crippen LogP contribution in [-0.2, 0) is 9.84 Å². The third-order valence-electron chi connectivity index (χ3n) is 4.13. The number of para-hydroxylation sites is 1. The monoisotopic (exact) mass is 387 g/mol. The summed E-state index contributed by atoms with van der Waals surface area (Å²) < 4.78 is 34.8. The Balaban J connectivity index is 1.83. The van der Waals surface area contributed by atoms with Crippen molar-refractivity contribution >= 4 is 26.7 Å². The Bertz CT molecular complexity index is 1080. The van der Waals surface area contributed by atoms with Gasteiger partial charge in [0, 0.05) is 17.2 Å². The SMILES string of the molecule is CCOc1cccc2cc([C@@H](C)NC(=O)c3cccc(S(C)(=O)=O)c3)oc12.